The van der Waals surface area contributed by atoms with Crippen LogP contribution in [0.1, 0.15) is 41.9 Å². The number of nitrogens with two attached hydrogens (primary N) is 1. The molecule has 1 atom stereocenters. The summed E-state index contributed by atoms with van der Waals surface area (Å²) >= 11 is 4.10. The van der Waals surface area contributed by atoms with E-state index in [4.69, 9.17) is 5.73 Å². The van der Waals surface area contributed by atoms with Crippen molar-refractivity contribution < 1.29 is 8.78 Å². The normalized spacial score (nSPS) is 13.0. The molecule has 7 heteroatoms. The van der Waals surface area contributed by atoms with Gasteiger partial charge in [-0.05, 0) is 45.5 Å². The first kappa shape index (κ1) is 14.5. The Morgan fingerprint density at radius 2 is 2.00 bits per heavy atom. The number of halogens is 3. The lowest BCUT2D eigenvalue weighted by Crippen LogP contribution is -2.16. The first-order chi connectivity index (χ1) is 8.93. The molecule has 1 heterocycles. The van der Waals surface area contributed by atoms with Crippen molar-refractivity contribution in [3.8, 4) is 0 Å². The number of hydrogen-bond donors (Lipinski definition) is 1. The van der Waals surface area contributed by atoms with E-state index in [1.165, 1.54) is 12.1 Å². The molecule has 0 aliphatic carbocycles. The summed E-state index contributed by atoms with van der Waals surface area (Å²) in [5.74, 6) is -1.26. The van der Waals surface area contributed by atoms with Gasteiger partial charge in [0.25, 0.3) is 0 Å². The lowest BCUT2D eigenvalue weighted by molar-refractivity contribution is 0.539. The monoisotopic (exact) mass is 347 g/mol. The van der Waals surface area contributed by atoms with Crippen LogP contribution in [0.15, 0.2) is 16.6 Å². The zero-order chi connectivity index (χ0) is 14.2. The molecule has 1 aromatic carbocycles. The highest BCUT2D eigenvalue weighted by atomic mass is 79.9. The van der Waals surface area contributed by atoms with Crippen LogP contribution in [0.5, 0.6) is 0 Å². The number of nitrogens with zero attached hydrogens (tertiary/aromatic N) is 2. The van der Waals surface area contributed by atoms with Gasteiger partial charge in [0.2, 0.25) is 0 Å². The Morgan fingerprint density at radius 1 is 1.32 bits per heavy atom. The second kappa shape index (κ2) is 5.60. The first-order valence-corrected chi connectivity index (χ1v) is 7.21. The molecule has 1 aromatic heterocycles. The van der Waals surface area contributed by atoms with Gasteiger partial charge in [0.1, 0.15) is 11.6 Å². The summed E-state index contributed by atoms with van der Waals surface area (Å²) in [6, 6.07) is 1.59. The van der Waals surface area contributed by atoms with Gasteiger partial charge in [-0.2, -0.15) is 0 Å². The van der Waals surface area contributed by atoms with E-state index < -0.39 is 17.7 Å². The zero-order valence-electron chi connectivity index (χ0n) is 10.3. The van der Waals surface area contributed by atoms with Gasteiger partial charge in [-0.25, -0.2) is 8.78 Å². The average molecular weight is 348 g/mol. The van der Waals surface area contributed by atoms with Gasteiger partial charge in [-0.3, -0.25) is 0 Å². The molecule has 2 N–H and O–H groups in total. The fraction of sp³-hybridized carbons (Fsp3) is 0.333. The summed E-state index contributed by atoms with van der Waals surface area (Å²) in [6.45, 7) is 3.86. The van der Waals surface area contributed by atoms with Crippen LogP contribution in [0.25, 0.3) is 0 Å². The molecule has 0 aliphatic rings. The van der Waals surface area contributed by atoms with Crippen LogP contribution in [0, 0.1) is 11.6 Å². The highest BCUT2D eigenvalue weighted by molar-refractivity contribution is 9.10. The Morgan fingerprint density at radius 3 is 2.63 bits per heavy atom. The van der Waals surface area contributed by atoms with Crippen molar-refractivity contribution in [2.24, 2.45) is 5.73 Å². The van der Waals surface area contributed by atoms with E-state index in [0.717, 1.165) is 11.5 Å². The van der Waals surface area contributed by atoms with E-state index in [1.807, 2.05) is 13.8 Å². The smallest absolute Gasteiger partial charge is 0.145 e. The molecular weight excluding hydrogens is 336 g/mol. The molecule has 0 fully saturated rings. The van der Waals surface area contributed by atoms with Gasteiger partial charge in [-0.1, -0.05) is 18.3 Å². The van der Waals surface area contributed by atoms with Crippen molar-refractivity contribution in [1.82, 2.24) is 9.59 Å². The number of hydrogen-bond acceptors (Lipinski definition) is 4. The summed E-state index contributed by atoms with van der Waals surface area (Å²) < 4.78 is 31.9. The maximum absolute atomic E-state index is 14.0. The van der Waals surface area contributed by atoms with Crippen LogP contribution >= 0.6 is 27.5 Å². The lowest BCUT2D eigenvalue weighted by Gasteiger charge is -2.15. The van der Waals surface area contributed by atoms with Crippen molar-refractivity contribution in [3.05, 3.63) is 44.4 Å². The van der Waals surface area contributed by atoms with Crippen molar-refractivity contribution in [3.63, 3.8) is 0 Å². The molecule has 2 rings (SSSR count). The Labute approximate surface area is 122 Å². The number of benzene rings is 1. The lowest BCUT2D eigenvalue weighted by atomic mass is 10.00. The molecule has 0 aliphatic heterocycles. The maximum atomic E-state index is 14.0. The van der Waals surface area contributed by atoms with Crippen molar-refractivity contribution in [2.45, 2.75) is 25.8 Å². The van der Waals surface area contributed by atoms with Gasteiger partial charge in [0.05, 0.1) is 21.1 Å². The van der Waals surface area contributed by atoms with Crippen LogP contribution in [0.2, 0.25) is 0 Å². The largest absolute Gasteiger partial charge is 0.319 e. The summed E-state index contributed by atoms with van der Waals surface area (Å²) in [7, 11) is 0. The Kier molecular flexibility index (Phi) is 4.27. The average Bonchev–Trinajstić information content (AvgIpc) is 2.83. The molecule has 0 amide bonds. The topological polar surface area (TPSA) is 51.8 Å². The summed E-state index contributed by atoms with van der Waals surface area (Å²) in [5, 5.41) is 3.98. The third-order valence-electron chi connectivity index (χ3n) is 2.76. The Bertz CT molecular complexity index is 601. The van der Waals surface area contributed by atoms with Crippen LogP contribution in [-0.4, -0.2) is 9.59 Å². The SMILES string of the molecule is CC(C)c1nnsc1C(N)c1c(F)ccc(Br)c1F. The molecule has 102 valence electrons. The molecule has 0 saturated heterocycles. The highest BCUT2D eigenvalue weighted by Gasteiger charge is 2.25. The first-order valence-electron chi connectivity index (χ1n) is 5.64. The predicted octanol–water partition coefficient (Wildman–Crippen LogP) is 3.75. The van der Waals surface area contributed by atoms with Crippen LogP contribution in [-0.2, 0) is 0 Å². The van der Waals surface area contributed by atoms with Crippen LogP contribution in [0.4, 0.5) is 8.78 Å². The standard InChI is InChI=1S/C12H12BrF2N3S/c1-5(2)11-12(19-18-17-11)10(16)8-7(14)4-3-6(13)9(8)15/h3-5,10H,16H2,1-2H3. The number of aromatic nitrogens is 2. The number of rotatable bonds is 3. The molecule has 0 radical (unpaired) electrons. The Hall–Kier alpha value is -0.920. The molecule has 0 bridgehead atoms. The highest BCUT2D eigenvalue weighted by Crippen LogP contribution is 2.33. The van der Waals surface area contributed by atoms with Crippen molar-refractivity contribution in [2.75, 3.05) is 0 Å². The van der Waals surface area contributed by atoms with Crippen LogP contribution < -0.4 is 5.73 Å². The van der Waals surface area contributed by atoms with Crippen LogP contribution in [0.3, 0.4) is 0 Å². The molecule has 0 saturated carbocycles. The van der Waals surface area contributed by atoms with Crippen molar-refractivity contribution in [1.29, 1.82) is 0 Å². The minimum atomic E-state index is -0.908. The van der Waals surface area contributed by atoms with E-state index in [2.05, 4.69) is 25.5 Å². The quantitative estimate of drug-likeness (QED) is 0.860. The molecule has 2 aromatic rings. The molecule has 3 nitrogen and oxygen atoms in total. The zero-order valence-corrected chi connectivity index (χ0v) is 12.7. The van der Waals surface area contributed by atoms with Crippen molar-refractivity contribution >= 4 is 27.5 Å². The molecule has 19 heavy (non-hydrogen) atoms. The van der Waals surface area contributed by atoms with Gasteiger partial charge in [0.15, 0.2) is 0 Å². The van der Waals surface area contributed by atoms with E-state index in [-0.39, 0.29) is 16.0 Å². The maximum Gasteiger partial charge on any atom is 0.145 e. The Balaban J connectivity index is 2.53. The van der Waals surface area contributed by atoms with Gasteiger partial charge in [0, 0.05) is 5.56 Å². The third kappa shape index (κ3) is 2.68. The fourth-order valence-electron chi connectivity index (χ4n) is 1.78. The van der Waals surface area contributed by atoms with E-state index in [1.54, 1.807) is 0 Å². The minimum Gasteiger partial charge on any atom is -0.319 e. The minimum absolute atomic E-state index is 0.0954. The summed E-state index contributed by atoms with van der Waals surface area (Å²) in [4.78, 5) is 0.589. The van der Waals surface area contributed by atoms with Gasteiger partial charge < -0.3 is 5.73 Å². The molecule has 1 unspecified atom stereocenters. The second-order valence-electron chi connectivity index (χ2n) is 4.41. The molecule has 0 spiro atoms. The van der Waals surface area contributed by atoms with E-state index in [0.29, 0.717) is 10.6 Å². The third-order valence-corrected chi connectivity index (χ3v) is 4.20. The van der Waals surface area contributed by atoms with E-state index in [9.17, 15) is 8.78 Å². The summed E-state index contributed by atoms with van der Waals surface area (Å²) in [6.07, 6.45) is 0. The predicted molar refractivity (Wildman–Crippen MR) is 74.1 cm³/mol. The second-order valence-corrected chi connectivity index (χ2v) is 6.05. The fourth-order valence-corrected chi connectivity index (χ4v) is 2.94. The van der Waals surface area contributed by atoms with E-state index >= 15 is 0 Å². The molecular formula is C12H12BrF2N3S. The summed E-state index contributed by atoms with van der Waals surface area (Å²) in [5.41, 5.74) is 6.51. The van der Waals surface area contributed by atoms with Gasteiger partial charge >= 0.3 is 0 Å². The van der Waals surface area contributed by atoms with Gasteiger partial charge in [-0.15, -0.1) is 5.10 Å².